The van der Waals surface area contributed by atoms with Gasteiger partial charge in [-0.3, -0.25) is 14.7 Å². The number of amides is 1. The maximum absolute atomic E-state index is 12.4. The molecule has 1 amide bonds. The fraction of sp³-hybridized carbons (Fsp3) is 0.250. The number of aryl methyl sites for hydroxylation is 2. The molecule has 0 aliphatic rings. The number of hydrogen-bond acceptors (Lipinski definition) is 5. The summed E-state index contributed by atoms with van der Waals surface area (Å²) in [6, 6.07) is 4.96. The molecule has 2 heterocycles. The third kappa shape index (κ3) is 2.98. The Bertz CT molecular complexity index is 973. The number of nitrogens with one attached hydrogen (secondary N) is 2. The number of fused-ring (bicyclic) bond motifs is 1. The van der Waals surface area contributed by atoms with Gasteiger partial charge in [0.2, 0.25) is 5.91 Å². The summed E-state index contributed by atoms with van der Waals surface area (Å²) in [6.07, 6.45) is 1.74. The molecule has 0 saturated carbocycles. The molecule has 0 aliphatic carbocycles. The topological polar surface area (TPSA) is 112 Å². The predicted molar refractivity (Wildman–Crippen MR) is 88.1 cm³/mol. The standard InChI is InChI=1S/C16H17N5O3/c1-9-3-5-13(22)12(7-9)20-14(23)6-4-11-10(2)19-16-17-8-18-21(16)15(11)24/h3,5,7-8,22H,4,6H2,1-2H3,(H,20,23)(H,17,18,19). The van der Waals surface area contributed by atoms with Gasteiger partial charge >= 0.3 is 0 Å². The number of phenolic OH excluding ortho intramolecular Hbond substituents is 1. The molecule has 2 aromatic heterocycles. The van der Waals surface area contributed by atoms with E-state index in [0.717, 1.165) is 5.56 Å². The van der Waals surface area contributed by atoms with E-state index in [1.165, 1.54) is 16.9 Å². The number of anilines is 1. The van der Waals surface area contributed by atoms with Crippen molar-refractivity contribution in [2.24, 2.45) is 0 Å². The highest BCUT2D eigenvalue weighted by atomic mass is 16.3. The van der Waals surface area contributed by atoms with E-state index in [4.69, 9.17) is 0 Å². The van der Waals surface area contributed by atoms with E-state index in [9.17, 15) is 14.7 Å². The van der Waals surface area contributed by atoms with Gasteiger partial charge in [0.25, 0.3) is 11.3 Å². The van der Waals surface area contributed by atoms with Crippen molar-refractivity contribution in [3.63, 3.8) is 0 Å². The predicted octanol–water partition coefficient (Wildman–Crippen LogP) is 1.31. The SMILES string of the molecule is Cc1ccc(O)c(NC(=O)CCc2c(C)nc3nc[nH]n3c2=O)c1. The zero-order valence-electron chi connectivity index (χ0n) is 13.3. The minimum atomic E-state index is -0.288. The number of phenols is 1. The minimum absolute atomic E-state index is 0.00532. The second kappa shape index (κ2) is 6.15. The monoisotopic (exact) mass is 327 g/mol. The largest absolute Gasteiger partial charge is 0.506 e. The Morgan fingerprint density at radius 3 is 2.96 bits per heavy atom. The van der Waals surface area contributed by atoms with Gasteiger partial charge in [-0.25, -0.2) is 9.97 Å². The van der Waals surface area contributed by atoms with Gasteiger partial charge < -0.3 is 10.4 Å². The first kappa shape index (κ1) is 15.7. The lowest BCUT2D eigenvalue weighted by Crippen LogP contribution is -2.23. The average Bonchev–Trinajstić information content (AvgIpc) is 2.99. The second-order valence-corrected chi connectivity index (χ2v) is 5.57. The van der Waals surface area contributed by atoms with Crippen LogP contribution in [0.25, 0.3) is 5.78 Å². The lowest BCUT2D eigenvalue weighted by molar-refractivity contribution is -0.116. The molecule has 0 unspecified atom stereocenters. The van der Waals surface area contributed by atoms with Crippen LogP contribution in [0.4, 0.5) is 5.69 Å². The Morgan fingerprint density at radius 2 is 2.17 bits per heavy atom. The van der Waals surface area contributed by atoms with Gasteiger partial charge in [-0.15, -0.1) is 0 Å². The first-order chi connectivity index (χ1) is 11.5. The van der Waals surface area contributed by atoms with Gasteiger partial charge in [0.05, 0.1) is 11.4 Å². The summed E-state index contributed by atoms with van der Waals surface area (Å²) < 4.78 is 1.24. The molecule has 8 nitrogen and oxygen atoms in total. The van der Waals surface area contributed by atoms with E-state index in [2.05, 4.69) is 20.4 Å². The van der Waals surface area contributed by atoms with Gasteiger partial charge in [0.15, 0.2) is 0 Å². The molecule has 0 bridgehead atoms. The van der Waals surface area contributed by atoms with Crippen molar-refractivity contribution in [2.75, 3.05) is 5.32 Å². The van der Waals surface area contributed by atoms with Gasteiger partial charge in [0.1, 0.15) is 12.1 Å². The second-order valence-electron chi connectivity index (χ2n) is 5.57. The Morgan fingerprint density at radius 1 is 1.38 bits per heavy atom. The number of carbonyl (C=O) groups is 1. The molecule has 3 N–H and O–H groups in total. The van der Waals surface area contributed by atoms with Crippen LogP contribution in [0.15, 0.2) is 29.3 Å². The van der Waals surface area contributed by atoms with Gasteiger partial charge in [-0.1, -0.05) is 6.07 Å². The first-order valence-corrected chi connectivity index (χ1v) is 7.47. The Kier molecular flexibility index (Phi) is 4.03. The number of H-pyrrole nitrogens is 1. The van der Waals surface area contributed by atoms with Crippen molar-refractivity contribution in [3.8, 4) is 5.75 Å². The summed E-state index contributed by atoms with van der Waals surface area (Å²) in [5.41, 5.74) is 2.03. The number of aromatic nitrogens is 4. The number of carbonyl (C=O) groups excluding carboxylic acids is 1. The van der Waals surface area contributed by atoms with Gasteiger partial charge in [0, 0.05) is 12.0 Å². The first-order valence-electron chi connectivity index (χ1n) is 7.47. The number of hydrogen-bond donors (Lipinski definition) is 3. The van der Waals surface area contributed by atoms with Crippen molar-refractivity contribution in [2.45, 2.75) is 26.7 Å². The number of aromatic amines is 1. The Balaban J connectivity index is 1.75. The van der Waals surface area contributed by atoms with Gasteiger partial charge in [-0.2, -0.15) is 4.52 Å². The van der Waals surface area contributed by atoms with Crippen molar-refractivity contribution in [1.29, 1.82) is 0 Å². The Hall–Kier alpha value is -3.16. The van der Waals surface area contributed by atoms with Crippen molar-refractivity contribution < 1.29 is 9.90 Å². The highest BCUT2D eigenvalue weighted by Gasteiger charge is 2.13. The average molecular weight is 327 g/mol. The summed E-state index contributed by atoms with van der Waals surface area (Å²) in [5, 5.41) is 15.1. The van der Waals surface area contributed by atoms with Gasteiger partial charge in [-0.05, 0) is 38.0 Å². The number of aromatic hydroxyl groups is 1. The molecule has 3 rings (SSSR count). The van der Waals surface area contributed by atoms with E-state index in [0.29, 0.717) is 22.7 Å². The molecule has 3 aromatic rings. The fourth-order valence-electron chi connectivity index (χ4n) is 2.48. The van der Waals surface area contributed by atoms with E-state index >= 15 is 0 Å². The van der Waals surface area contributed by atoms with E-state index in [1.807, 2.05) is 6.92 Å². The zero-order chi connectivity index (χ0) is 17.3. The quantitative estimate of drug-likeness (QED) is 0.625. The summed E-state index contributed by atoms with van der Waals surface area (Å²) in [5.74, 6) is 0.0190. The van der Waals surface area contributed by atoms with Crippen molar-refractivity contribution in [3.05, 3.63) is 51.7 Å². The van der Waals surface area contributed by atoms with Crippen LogP contribution in [-0.4, -0.2) is 30.6 Å². The fourth-order valence-corrected chi connectivity index (χ4v) is 2.48. The third-order valence-electron chi connectivity index (χ3n) is 3.76. The molecule has 0 radical (unpaired) electrons. The van der Waals surface area contributed by atoms with E-state index < -0.39 is 0 Å². The van der Waals surface area contributed by atoms with Crippen LogP contribution < -0.4 is 10.9 Å². The lowest BCUT2D eigenvalue weighted by Gasteiger charge is -2.09. The summed E-state index contributed by atoms with van der Waals surface area (Å²) in [6.45, 7) is 3.58. The maximum atomic E-state index is 12.4. The molecule has 0 aliphatic heterocycles. The van der Waals surface area contributed by atoms with Crippen LogP contribution >= 0.6 is 0 Å². The van der Waals surface area contributed by atoms with Crippen LogP contribution in [0.3, 0.4) is 0 Å². The summed E-state index contributed by atoms with van der Waals surface area (Å²) in [4.78, 5) is 32.6. The Labute approximate surface area is 137 Å². The number of rotatable bonds is 4. The summed E-state index contributed by atoms with van der Waals surface area (Å²) >= 11 is 0. The molecule has 0 saturated heterocycles. The zero-order valence-corrected chi connectivity index (χ0v) is 13.3. The van der Waals surface area contributed by atoms with Crippen molar-refractivity contribution in [1.82, 2.24) is 19.6 Å². The van der Waals surface area contributed by atoms with Crippen molar-refractivity contribution >= 4 is 17.4 Å². The molecular weight excluding hydrogens is 310 g/mol. The van der Waals surface area contributed by atoms with Crippen LogP contribution in [0.5, 0.6) is 5.75 Å². The maximum Gasteiger partial charge on any atom is 0.277 e. The summed E-state index contributed by atoms with van der Waals surface area (Å²) in [7, 11) is 0. The smallest absolute Gasteiger partial charge is 0.277 e. The highest BCUT2D eigenvalue weighted by Crippen LogP contribution is 2.24. The van der Waals surface area contributed by atoms with Crippen LogP contribution in [0.1, 0.15) is 23.2 Å². The van der Waals surface area contributed by atoms with Crippen LogP contribution in [0.2, 0.25) is 0 Å². The lowest BCUT2D eigenvalue weighted by atomic mass is 10.1. The number of nitrogens with zero attached hydrogens (tertiary/aromatic N) is 3. The van der Waals surface area contributed by atoms with E-state index in [1.54, 1.807) is 19.1 Å². The molecule has 1 aromatic carbocycles. The third-order valence-corrected chi connectivity index (χ3v) is 3.76. The number of benzene rings is 1. The van der Waals surface area contributed by atoms with Crippen LogP contribution in [0, 0.1) is 13.8 Å². The molecule has 0 fully saturated rings. The normalized spacial score (nSPS) is 10.9. The van der Waals surface area contributed by atoms with E-state index in [-0.39, 0.29) is 30.1 Å². The highest BCUT2D eigenvalue weighted by molar-refractivity contribution is 5.92. The molecule has 124 valence electrons. The molecule has 0 spiro atoms. The van der Waals surface area contributed by atoms with Crippen LogP contribution in [-0.2, 0) is 11.2 Å². The molecule has 24 heavy (non-hydrogen) atoms. The molecule has 8 heteroatoms. The molecular formula is C16H17N5O3. The minimum Gasteiger partial charge on any atom is -0.506 e. The molecule has 0 atom stereocenters.